The van der Waals surface area contributed by atoms with Crippen LogP contribution in [0.1, 0.15) is 37.4 Å². The van der Waals surface area contributed by atoms with Crippen LogP contribution >= 0.6 is 0 Å². The number of carbonyl (C=O) groups is 2. The van der Waals surface area contributed by atoms with Crippen molar-refractivity contribution in [2.75, 3.05) is 26.0 Å². The highest BCUT2D eigenvalue weighted by Gasteiger charge is 2.19. The molecule has 1 N–H and O–H groups in total. The van der Waals surface area contributed by atoms with E-state index in [1.165, 1.54) is 0 Å². The number of carbonyl (C=O) groups excluding carboxylic acids is 2. The largest absolute Gasteiger partial charge is 0.419 e. The molecule has 34 heavy (non-hydrogen) atoms. The number of anilines is 1. The van der Waals surface area contributed by atoms with Crippen LogP contribution in [0.3, 0.4) is 0 Å². The van der Waals surface area contributed by atoms with Gasteiger partial charge in [0, 0.05) is 29.9 Å². The number of aromatic nitrogens is 1. The Balaban J connectivity index is 1.63. The Morgan fingerprint density at radius 3 is 2.38 bits per heavy atom. The lowest BCUT2D eigenvalue weighted by molar-refractivity contribution is 0.0996. The predicted molar refractivity (Wildman–Crippen MR) is 133 cm³/mol. The van der Waals surface area contributed by atoms with Crippen LogP contribution in [-0.4, -0.2) is 41.8 Å². The van der Waals surface area contributed by atoms with Crippen LogP contribution in [0.15, 0.2) is 69.9 Å². The number of hydrogen-bond acceptors (Lipinski definition) is 5. The van der Waals surface area contributed by atoms with E-state index < -0.39 is 11.7 Å². The van der Waals surface area contributed by atoms with Crippen molar-refractivity contribution in [1.29, 1.82) is 0 Å². The molecule has 0 bridgehead atoms. The highest BCUT2D eigenvalue weighted by atomic mass is 16.4. The van der Waals surface area contributed by atoms with E-state index in [2.05, 4.69) is 5.32 Å². The summed E-state index contributed by atoms with van der Waals surface area (Å²) >= 11 is 0. The van der Waals surface area contributed by atoms with Gasteiger partial charge in [-0.05, 0) is 69.4 Å². The zero-order valence-electron chi connectivity index (χ0n) is 19.7. The Labute approximate surface area is 197 Å². The number of amides is 1. The summed E-state index contributed by atoms with van der Waals surface area (Å²) in [6.45, 7) is 5.07. The molecule has 0 fully saturated rings. The number of fused-ring (bicyclic) bond motifs is 1. The summed E-state index contributed by atoms with van der Waals surface area (Å²) in [5.74, 6) is -1.06. The molecule has 0 spiro atoms. The molecule has 0 unspecified atom stereocenters. The molecule has 0 aliphatic carbocycles. The number of likely N-dealkylation sites (N-methyl/N-ethyl adjacent to an activating group) is 1. The van der Waals surface area contributed by atoms with Crippen LogP contribution in [0.4, 0.5) is 5.69 Å². The number of benzene rings is 3. The van der Waals surface area contributed by atoms with Gasteiger partial charge in [-0.3, -0.25) is 14.2 Å². The molecule has 1 heterocycles. The highest BCUT2D eigenvalue weighted by molar-refractivity contribution is 6.17. The van der Waals surface area contributed by atoms with E-state index in [0.717, 1.165) is 11.1 Å². The second kappa shape index (κ2) is 9.49. The summed E-state index contributed by atoms with van der Waals surface area (Å²) in [6, 6.07) is 17.3. The molecule has 1 amide bonds. The molecule has 7 nitrogen and oxygen atoms in total. The van der Waals surface area contributed by atoms with Crippen molar-refractivity contribution in [2.24, 2.45) is 0 Å². The number of aryl methyl sites for hydroxylation is 2. The van der Waals surface area contributed by atoms with Crippen LogP contribution < -0.4 is 11.1 Å². The molecule has 0 radical (unpaired) electrons. The van der Waals surface area contributed by atoms with Gasteiger partial charge in [0.05, 0.1) is 11.1 Å². The van der Waals surface area contributed by atoms with Crippen molar-refractivity contribution in [1.82, 2.24) is 9.47 Å². The lowest BCUT2D eigenvalue weighted by Gasteiger charge is -2.11. The molecule has 0 aliphatic heterocycles. The first-order chi connectivity index (χ1) is 16.2. The molecule has 4 rings (SSSR count). The Bertz CT molecular complexity index is 1450. The summed E-state index contributed by atoms with van der Waals surface area (Å²) < 4.78 is 6.87. The minimum atomic E-state index is -0.440. The first-order valence-electron chi connectivity index (χ1n) is 11.0. The fourth-order valence-corrected chi connectivity index (χ4v) is 3.77. The van der Waals surface area contributed by atoms with Crippen LogP contribution in [0, 0.1) is 13.8 Å². The van der Waals surface area contributed by atoms with E-state index in [4.69, 9.17) is 4.42 Å². The zero-order chi connectivity index (χ0) is 24.4. The SMILES string of the molecule is Cc1ccc(C(=O)c2ccccc2C(=O)Nc2ccc3oc(=O)n(CCN(C)C)c3c2)cc1C. The van der Waals surface area contributed by atoms with Crippen molar-refractivity contribution in [3.63, 3.8) is 0 Å². The van der Waals surface area contributed by atoms with Gasteiger partial charge in [0.1, 0.15) is 0 Å². The van der Waals surface area contributed by atoms with Gasteiger partial charge in [0.15, 0.2) is 11.4 Å². The average molecular weight is 458 g/mol. The molecule has 0 aliphatic rings. The maximum atomic E-state index is 13.2. The summed E-state index contributed by atoms with van der Waals surface area (Å²) in [6.07, 6.45) is 0. The van der Waals surface area contributed by atoms with E-state index in [-0.39, 0.29) is 11.3 Å². The summed E-state index contributed by atoms with van der Waals surface area (Å²) in [4.78, 5) is 40.6. The average Bonchev–Trinajstić information content (AvgIpc) is 3.13. The predicted octanol–water partition coefficient (Wildman–Crippen LogP) is 4.26. The molecule has 7 heteroatoms. The maximum absolute atomic E-state index is 13.2. The van der Waals surface area contributed by atoms with E-state index in [1.807, 2.05) is 45.0 Å². The number of oxazole rings is 1. The molecular weight excluding hydrogens is 430 g/mol. The standard InChI is InChI=1S/C27H27N3O4/c1-17-9-10-19(15-18(17)2)25(31)21-7-5-6-8-22(21)26(32)28-20-11-12-24-23(16-20)30(27(33)34-24)14-13-29(3)4/h5-12,15-16H,13-14H2,1-4H3,(H,28,32). The van der Waals surface area contributed by atoms with Crippen molar-refractivity contribution in [3.8, 4) is 0 Å². The van der Waals surface area contributed by atoms with E-state index in [9.17, 15) is 14.4 Å². The molecule has 4 aromatic rings. The van der Waals surface area contributed by atoms with E-state index >= 15 is 0 Å². The third-order valence-corrected chi connectivity index (χ3v) is 5.88. The van der Waals surface area contributed by atoms with Gasteiger partial charge in [-0.15, -0.1) is 0 Å². The number of ketones is 1. The summed E-state index contributed by atoms with van der Waals surface area (Å²) in [5, 5.41) is 2.86. The normalized spacial score (nSPS) is 11.2. The van der Waals surface area contributed by atoms with Crippen molar-refractivity contribution >= 4 is 28.5 Å². The molecule has 3 aromatic carbocycles. The molecule has 0 saturated carbocycles. The van der Waals surface area contributed by atoms with Gasteiger partial charge in [-0.2, -0.15) is 0 Å². The fraction of sp³-hybridized carbons (Fsp3) is 0.222. The van der Waals surface area contributed by atoms with Gasteiger partial charge < -0.3 is 14.6 Å². The Hall–Kier alpha value is -3.97. The van der Waals surface area contributed by atoms with Gasteiger partial charge in [-0.25, -0.2) is 4.79 Å². The summed E-state index contributed by atoms with van der Waals surface area (Å²) in [7, 11) is 3.85. The summed E-state index contributed by atoms with van der Waals surface area (Å²) in [5.41, 5.74) is 4.82. The van der Waals surface area contributed by atoms with Crippen molar-refractivity contribution < 1.29 is 14.0 Å². The molecular formula is C27H27N3O4. The van der Waals surface area contributed by atoms with Crippen LogP contribution in [0.25, 0.3) is 11.1 Å². The van der Waals surface area contributed by atoms with E-state index in [1.54, 1.807) is 53.1 Å². The van der Waals surface area contributed by atoms with Crippen LogP contribution in [0.2, 0.25) is 0 Å². The van der Waals surface area contributed by atoms with Crippen molar-refractivity contribution in [3.05, 3.63) is 99.0 Å². The minimum absolute atomic E-state index is 0.211. The van der Waals surface area contributed by atoms with Gasteiger partial charge in [0.2, 0.25) is 0 Å². The number of hydrogen-bond donors (Lipinski definition) is 1. The quantitative estimate of drug-likeness (QED) is 0.419. The number of nitrogens with one attached hydrogen (secondary N) is 1. The first-order valence-corrected chi connectivity index (χ1v) is 11.0. The number of rotatable bonds is 7. The molecule has 0 atom stereocenters. The van der Waals surface area contributed by atoms with Crippen LogP contribution in [0.5, 0.6) is 0 Å². The second-order valence-corrected chi connectivity index (χ2v) is 8.63. The Morgan fingerprint density at radius 2 is 1.68 bits per heavy atom. The molecule has 174 valence electrons. The maximum Gasteiger partial charge on any atom is 0.419 e. The van der Waals surface area contributed by atoms with Gasteiger partial charge in [0.25, 0.3) is 5.91 Å². The smallest absolute Gasteiger partial charge is 0.408 e. The fourth-order valence-electron chi connectivity index (χ4n) is 3.77. The zero-order valence-corrected chi connectivity index (χ0v) is 19.7. The lowest BCUT2D eigenvalue weighted by atomic mass is 9.95. The van der Waals surface area contributed by atoms with Gasteiger partial charge >= 0.3 is 5.76 Å². The molecule has 0 saturated heterocycles. The first kappa shape index (κ1) is 23.2. The number of nitrogens with zero attached hydrogens (tertiary/aromatic N) is 2. The third kappa shape index (κ3) is 4.70. The Morgan fingerprint density at radius 1 is 0.941 bits per heavy atom. The van der Waals surface area contributed by atoms with E-state index in [0.29, 0.717) is 41.0 Å². The van der Waals surface area contributed by atoms with Crippen molar-refractivity contribution in [2.45, 2.75) is 20.4 Å². The molecule has 1 aromatic heterocycles. The van der Waals surface area contributed by atoms with Crippen LogP contribution in [-0.2, 0) is 6.54 Å². The van der Waals surface area contributed by atoms with Gasteiger partial charge in [-0.1, -0.05) is 30.3 Å². The lowest BCUT2D eigenvalue weighted by Crippen LogP contribution is -2.23. The minimum Gasteiger partial charge on any atom is -0.408 e. The monoisotopic (exact) mass is 457 g/mol. The highest BCUT2D eigenvalue weighted by Crippen LogP contribution is 2.22. The second-order valence-electron chi connectivity index (χ2n) is 8.63. The third-order valence-electron chi connectivity index (χ3n) is 5.88. The topological polar surface area (TPSA) is 84.5 Å². The Kier molecular flexibility index (Phi) is 6.47.